The van der Waals surface area contributed by atoms with Crippen LogP contribution in [-0.2, 0) is 102 Å². The van der Waals surface area contributed by atoms with Gasteiger partial charge in [-0.25, -0.2) is 9.59 Å². The van der Waals surface area contributed by atoms with E-state index in [0.717, 1.165) is 43.0 Å². The lowest BCUT2D eigenvalue weighted by Crippen LogP contribution is -2.69. The molecule has 3 saturated heterocycles. The van der Waals surface area contributed by atoms with Gasteiger partial charge in [0.1, 0.15) is 61.0 Å². The Kier molecular flexibility index (Phi) is 28.4. The number of ether oxygens (including phenoxy) is 14. The van der Waals surface area contributed by atoms with E-state index in [2.05, 4.69) is 146 Å². The Morgan fingerprint density at radius 2 is 0.746 bits per heavy atom. The van der Waals surface area contributed by atoms with Crippen LogP contribution in [0.3, 0.4) is 0 Å². The van der Waals surface area contributed by atoms with Crippen LogP contribution in [0.25, 0.3) is 0 Å². The molecule has 6 unspecified atom stereocenters. The molecule has 4 fully saturated rings. The van der Waals surface area contributed by atoms with Gasteiger partial charge >= 0.3 is 11.9 Å². The molecular formula is C102H114O18Si2. The third-order valence-corrected chi connectivity index (χ3v) is 34.0. The van der Waals surface area contributed by atoms with Crippen LogP contribution >= 0.6 is 0 Å². The first kappa shape index (κ1) is 87.5. The van der Waals surface area contributed by atoms with Crippen LogP contribution < -0.4 is 20.7 Å². The number of hydrogen-bond acceptors (Lipinski definition) is 18. The van der Waals surface area contributed by atoms with Gasteiger partial charge < -0.3 is 75.2 Å². The predicted octanol–water partition coefficient (Wildman–Crippen LogP) is 16.4. The van der Waals surface area contributed by atoms with Crippen LogP contribution in [0, 0.1) is 5.92 Å². The highest BCUT2D eigenvalue weighted by molar-refractivity contribution is 7.00. The number of carbonyl (C=O) groups excluding carboxylic acids is 2. The topological polar surface area (TPSA) is 182 Å². The SMILES string of the molecule is CC1O[C@@H](O[C@@H]2C=COC(CO[Si](c3ccccc3)(c3ccccc3)C(C)(C)C)[C@H]2O[C@@H]2OC(CO[Si](c3ccccc3)(c3ccccc3)C(C)(C)C)[C@@H]3OC(C)(C)O[C@@H]3[C@H]2O[C@@H]2CC(OCc3ccccc3)[C@@H](OC(=O)c3ccccc3)[C@H](OCc3ccccc3)C2C)[C@H](OCc2ccccc2)C(OCc2ccccc2)[C@@H]1OC(=O)c1ccccc1. The highest BCUT2D eigenvalue weighted by Crippen LogP contribution is 2.47. The van der Waals surface area contributed by atoms with Crippen LogP contribution in [0.1, 0.15) is 119 Å². The normalized spacial score (nSPS) is 26.6. The van der Waals surface area contributed by atoms with Crippen molar-refractivity contribution in [2.75, 3.05) is 13.2 Å². The molecule has 4 heterocycles. The molecule has 10 aromatic rings. The molecule has 18 atom stereocenters. The van der Waals surface area contributed by atoms with Gasteiger partial charge in [0.15, 0.2) is 30.6 Å². The maximum atomic E-state index is 14.7. The van der Waals surface area contributed by atoms with Crippen molar-refractivity contribution >= 4 is 49.3 Å². The van der Waals surface area contributed by atoms with Crippen molar-refractivity contribution in [1.82, 2.24) is 0 Å². The third kappa shape index (κ3) is 20.2. The summed E-state index contributed by atoms with van der Waals surface area (Å²) in [7, 11) is -6.75. The van der Waals surface area contributed by atoms with E-state index in [1.807, 2.05) is 197 Å². The summed E-state index contributed by atoms with van der Waals surface area (Å²) in [5, 5.41) is 3.32. The van der Waals surface area contributed by atoms with Gasteiger partial charge in [0.25, 0.3) is 16.6 Å². The quantitative estimate of drug-likeness (QED) is 0.0286. The standard InChI is InChI=1S/C102H114O18Si2/c1-70-83(63-84(106-64-72-41-21-11-22-42-72)90(117-97(104)77-51-31-16-32-52-77)87(70)107-65-73-43-23-12-24-44-73)113-95-93-91(119-102(9,10)120-93)86(69-111-122(101(6,7)8,80-57-37-19-38-58-80)81-59-39-20-40-60-81)115-99(95)118-89-82(61-62-105-85(89)68-110-121(100(3,4)5,78-53-33-17-34-54-78)79-55-35-18-36-56-79)114-98-94(109-67-75-47-27-14-28-48-75)92(108-66-74-45-25-13-26-46-74)88(71(2)112-98)116-96(103)76-49-29-15-30-50-76/h11-62,70-71,82-95,98-99H,63-69H2,1-10H3/t70?,71?,82-,83-,84?,85?,86?,87-,88-,89+,90-,91+,92?,93+,94-,95-,98+,99+/m1/s1. The molecule has 1 saturated carbocycles. The molecule has 5 aliphatic rings. The summed E-state index contributed by atoms with van der Waals surface area (Å²) >= 11 is 0. The first-order valence-corrected chi connectivity index (χ1v) is 46.5. The highest BCUT2D eigenvalue weighted by Gasteiger charge is 2.62. The van der Waals surface area contributed by atoms with Gasteiger partial charge in [0.2, 0.25) is 0 Å². The van der Waals surface area contributed by atoms with Gasteiger partial charge in [0, 0.05) is 12.3 Å². The minimum atomic E-state index is -3.40. The second-order valence-corrected chi connectivity index (χ2v) is 43.4. The maximum absolute atomic E-state index is 14.7. The molecule has 18 nitrogen and oxygen atoms in total. The van der Waals surface area contributed by atoms with Gasteiger partial charge in [-0.1, -0.05) is 328 Å². The fraction of sp³-hybridized carbons (Fsp3) is 0.373. The van der Waals surface area contributed by atoms with Crippen molar-refractivity contribution in [3.8, 4) is 0 Å². The summed E-state index contributed by atoms with van der Waals surface area (Å²) in [4.78, 5) is 29.3. The summed E-state index contributed by atoms with van der Waals surface area (Å²) in [5.41, 5.74) is 4.31. The zero-order valence-electron chi connectivity index (χ0n) is 71.2. The van der Waals surface area contributed by atoms with Crippen LogP contribution in [0.5, 0.6) is 0 Å². The van der Waals surface area contributed by atoms with Crippen LogP contribution in [-0.4, -0.2) is 152 Å². The summed E-state index contributed by atoms with van der Waals surface area (Å²) in [6.45, 7) is 21.7. The van der Waals surface area contributed by atoms with Crippen molar-refractivity contribution in [2.45, 2.75) is 222 Å². The van der Waals surface area contributed by atoms with Gasteiger partial charge in [0.05, 0.1) is 75.3 Å². The molecular weight excluding hydrogens is 1570 g/mol. The molecule has 0 N–H and O–H groups in total. The number of esters is 2. The summed E-state index contributed by atoms with van der Waals surface area (Å²) in [6.07, 6.45) is -13.5. The lowest BCUT2D eigenvalue weighted by molar-refractivity contribution is -0.350. The van der Waals surface area contributed by atoms with E-state index in [0.29, 0.717) is 11.1 Å². The van der Waals surface area contributed by atoms with Crippen molar-refractivity contribution in [2.24, 2.45) is 5.92 Å². The van der Waals surface area contributed by atoms with E-state index in [1.165, 1.54) is 0 Å². The Hall–Kier alpha value is -9.41. The zero-order chi connectivity index (χ0) is 84.9. The number of benzene rings is 10. The number of fused-ring (bicyclic) bond motifs is 1. The third-order valence-electron chi connectivity index (χ3n) is 24.0. The second kappa shape index (κ2) is 39.6. The van der Waals surface area contributed by atoms with Gasteiger partial charge in [-0.3, -0.25) is 0 Å². The maximum Gasteiger partial charge on any atom is 0.338 e. The molecule has 20 heteroatoms. The van der Waals surface area contributed by atoms with E-state index in [4.69, 9.17) is 75.2 Å². The Bertz CT molecular complexity index is 4840. The van der Waals surface area contributed by atoms with E-state index in [9.17, 15) is 9.59 Å². The fourth-order valence-electron chi connectivity index (χ4n) is 18.0. The minimum absolute atomic E-state index is 0.00949. The van der Waals surface area contributed by atoms with Gasteiger partial charge in [-0.05, 0) is 104 Å². The molecule has 638 valence electrons. The molecule has 0 bridgehead atoms. The van der Waals surface area contributed by atoms with Crippen LogP contribution in [0.4, 0.5) is 0 Å². The smallest absolute Gasteiger partial charge is 0.338 e. The van der Waals surface area contributed by atoms with Crippen LogP contribution in [0.2, 0.25) is 10.1 Å². The van der Waals surface area contributed by atoms with E-state index in [1.54, 1.807) is 42.7 Å². The number of rotatable bonds is 32. The van der Waals surface area contributed by atoms with Gasteiger partial charge in [-0.2, -0.15) is 0 Å². The molecule has 4 aliphatic heterocycles. The summed E-state index contributed by atoms with van der Waals surface area (Å²) in [5.74, 6) is -2.85. The molecule has 122 heavy (non-hydrogen) atoms. The van der Waals surface area contributed by atoms with Crippen molar-refractivity contribution in [3.63, 3.8) is 0 Å². The number of carbonyl (C=O) groups is 2. The molecule has 1 aliphatic carbocycles. The molecule has 0 radical (unpaired) electrons. The number of hydrogen-bond donors (Lipinski definition) is 0. The molecule has 10 aromatic carbocycles. The first-order chi connectivity index (χ1) is 59.1. The van der Waals surface area contributed by atoms with E-state index in [-0.39, 0.29) is 46.1 Å². The van der Waals surface area contributed by atoms with Crippen molar-refractivity contribution < 1.29 is 84.8 Å². The summed E-state index contributed by atoms with van der Waals surface area (Å²) < 4.78 is 119. The Morgan fingerprint density at radius 1 is 0.377 bits per heavy atom. The zero-order valence-corrected chi connectivity index (χ0v) is 73.2. The minimum Gasteiger partial charge on any atom is -0.493 e. The van der Waals surface area contributed by atoms with E-state index >= 15 is 0 Å². The lowest BCUT2D eigenvalue weighted by Gasteiger charge is -2.50. The van der Waals surface area contributed by atoms with Gasteiger partial charge in [-0.15, -0.1) is 0 Å². The Labute approximate surface area is 720 Å². The molecule has 0 aromatic heterocycles. The molecule has 0 amide bonds. The monoisotopic (exact) mass is 1680 g/mol. The average Bonchev–Trinajstić information content (AvgIpc) is 0.811. The van der Waals surface area contributed by atoms with E-state index < -0.39 is 154 Å². The fourth-order valence-corrected chi connectivity index (χ4v) is 27.1. The lowest BCUT2D eigenvalue weighted by atomic mass is 9.80. The second-order valence-electron chi connectivity index (χ2n) is 34.8. The Balaban J connectivity index is 0.874. The largest absolute Gasteiger partial charge is 0.493 e. The Morgan fingerprint density at radius 3 is 1.18 bits per heavy atom. The average molecular weight is 1680 g/mol. The molecule has 15 rings (SSSR count). The predicted molar refractivity (Wildman–Crippen MR) is 472 cm³/mol. The first-order valence-electron chi connectivity index (χ1n) is 42.7. The van der Waals surface area contributed by atoms with Crippen molar-refractivity contribution in [1.29, 1.82) is 0 Å². The highest BCUT2D eigenvalue weighted by atomic mass is 28.4. The van der Waals surface area contributed by atoms with Crippen LogP contribution in [0.15, 0.2) is 316 Å². The van der Waals surface area contributed by atoms with Crippen molar-refractivity contribution in [3.05, 3.63) is 349 Å². The summed E-state index contributed by atoms with van der Waals surface area (Å²) in [6, 6.07) is 99.4. The molecule has 0 spiro atoms.